The van der Waals surface area contributed by atoms with Crippen molar-refractivity contribution in [3.63, 3.8) is 0 Å². The monoisotopic (exact) mass is 581 g/mol. The van der Waals surface area contributed by atoms with Crippen molar-refractivity contribution in [2.24, 2.45) is 4.99 Å². The molecule has 8 rings (SSSR count). The van der Waals surface area contributed by atoms with E-state index in [4.69, 9.17) is 15.0 Å². The summed E-state index contributed by atoms with van der Waals surface area (Å²) in [7, 11) is 1.80. The third-order valence-corrected chi connectivity index (χ3v) is 8.11. The molecule has 8 aromatic rings. The summed E-state index contributed by atoms with van der Waals surface area (Å²) >= 11 is 0. The molecule has 0 amide bonds. The smallest absolute Gasteiger partial charge is 0.116 e. The topological polar surface area (TPSA) is 73.8 Å². The van der Waals surface area contributed by atoms with Crippen molar-refractivity contribution in [3.8, 4) is 22.6 Å². The van der Waals surface area contributed by atoms with Crippen LogP contribution in [0.1, 0.15) is 5.56 Å². The van der Waals surface area contributed by atoms with E-state index in [0.717, 1.165) is 78.0 Å². The van der Waals surface area contributed by atoms with Gasteiger partial charge in [-0.2, -0.15) is 0 Å². The summed E-state index contributed by atoms with van der Waals surface area (Å²) in [6, 6.07) is 33.2. The minimum atomic E-state index is 0.835. The molecule has 0 bridgehead atoms. The molecule has 0 unspecified atom stereocenters. The fourth-order valence-corrected chi connectivity index (χ4v) is 6.07. The van der Waals surface area contributed by atoms with Crippen molar-refractivity contribution in [2.75, 3.05) is 7.05 Å². The Hall–Kier alpha value is -6.21. The van der Waals surface area contributed by atoms with E-state index in [-0.39, 0.29) is 0 Å². The van der Waals surface area contributed by atoms with Crippen molar-refractivity contribution < 1.29 is 0 Å². The van der Waals surface area contributed by atoms with E-state index in [2.05, 4.69) is 92.4 Å². The third-order valence-electron chi connectivity index (χ3n) is 8.11. The summed E-state index contributed by atoms with van der Waals surface area (Å²) in [4.78, 5) is 23.8. The first-order valence-electron chi connectivity index (χ1n) is 14.7. The highest BCUT2D eigenvalue weighted by molar-refractivity contribution is 6.13. The lowest BCUT2D eigenvalue weighted by Gasteiger charge is -2.11. The first-order chi connectivity index (χ1) is 22.2. The van der Waals surface area contributed by atoms with Crippen LogP contribution < -0.4 is 0 Å². The summed E-state index contributed by atoms with van der Waals surface area (Å²) in [5.74, 6) is 0. The van der Waals surface area contributed by atoms with Crippen LogP contribution in [0.3, 0.4) is 0 Å². The minimum absolute atomic E-state index is 0.835. The fraction of sp³-hybridized carbons (Fsp3) is 0.0263. The molecule has 214 valence electrons. The number of rotatable bonds is 6. The second-order valence-electron chi connectivity index (χ2n) is 10.6. The van der Waals surface area contributed by atoms with Gasteiger partial charge in [0.25, 0.3) is 0 Å². The van der Waals surface area contributed by atoms with E-state index in [0.29, 0.717) is 0 Å². The van der Waals surface area contributed by atoms with E-state index in [9.17, 15) is 0 Å². The van der Waals surface area contributed by atoms with Gasteiger partial charge in [0, 0.05) is 42.6 Å². The first kappa shape index (κ1) is 26.4. The normalized spacial score (nSPS) is 12.2. The second-order valence-corrected chi connectivity index (χ2v) is 10.6. The van der Waals surface area contributed by atoms with Crippen molar-refractivity contribution in [1.82, 2.24) is 29.1 Å². The quantitative estimate of drug-likeness (QED) is 0.146. The van der Waals surface area contributed by atoms with Gasteiger partial charge in [-0.1, -0.05) is 49.1 Å². The average Bonchev–Trinajstić information content (AvgIpc) is 3.60. The Morgan fingerprint density at radius 3 is 1.80 bits per heavy atom. The Morgan fingerprint density at radius 1 is 0.644 bits per heavy atom. The molecule has 0 atom stereocenters. The molecule has 0 radical (unpaired) electrons. The van der Waals surface area contributed by atoms with Gasteiger partial charge in [-0.05, 0) is 78.4 Å². The predicted molar refractivity (Wildman–Crippen MR) is 184 cm³/mol. The largest absolute Gasteiger partial charge is 0.306 e. The first-order valence-corrected chi connectivity index (χ1v) is 14.7. The molecule has 0 aliphatic rings. The number of benzene rings is 2. The van der Waals surface area contributed by atoms with Gasteiger partial charge < -0.3 is 9.13 Å². The van der Waals surface area contributed by atoms with Crippen LogP contribution >= 0.6 is 0 Å². The van der Waals surface area contributed by atoms with Gasteiger partial charge in [0.1, 0.15) is 22.1 Å². The van der Waals surface area contributed by atoms with Crippen LogP contribution in [0.4, 0.5) is 0 Å². The van der Waals surface area contributed by atoms with Crippen LogP contribution in [-0.4, -0.2) is 41.8 Å². The zero-order valence-electron chi connectivity index (χ0n) is 24.5. The van der Waals surface area contributed by atoms with Gasteiger partial charge >= 0.3 is 0 Å². The Labute approximate surface area is 259 Å². The van der Waals surface area contributed by atoms with E-state index in [1.54, 1.807) is 13.1 Å². The molecular weight excluding hydrogens is 554 g/mol. The van der Waals surface area contributed by atoms with Gasteiger partial charge in [-0.25, -0.2) is 4.98 Å². The Morgan fingerprint density at radius 2 is 1.24 bits per heavy atom. The van der Waals surface area contributed by atoms with Crippen LogP contribution in [-0.2, 0) is 0 Å². The molecule has 0 saturated carbocycles. The van der Waals surface area contributed by atoms with E-state index in [1.165, 1.54) is 0 Å². The maximum absolute atomic E-state index is 5.27. The number of fused-ring (bicyclic) bond motifs is 6. The van der Waals surface area contributed by atoms with Crippen LogP contribution in [0.15, 0.2) is 145 Å². The standard InChI is InChI=1S/C38H27N7/c1-3-4-9-29(39-2)25-13-17-27(18-14-25)44-31-11-7-22-41-35(31)37-33(44)24-34-38(43-37)36-32(12-8-23-42-36)45(34)28-19-15-26(16-20-28)30-10-5-6-21-40-30/h3-24H,1H2,2H3/b9-4-,39-29?. The second kappa shape index (κ2) is 10.8. The lowest BCUT2D eigenvalue weighted by Crippen LogP contribution is -1.99. The van der Waals surface area contributed by atoms with Crippen molar-refractivity contribution in [3.05, 3.63) is 146 Å². The Bertz CT molecular complexity index is 2430. The van der Waals surface area contributed by atoms with Crippen LogP contribution in [0.25, 0.3) is 66.8 Å². The number of allylic oxidation sites excluding steroid dienone is 3. The molecule has 7 nitrogen and oxygen atoms in total. The number of pyridine rings is 4. The van der Waals surface area contributed by atoms with Gasteiger partial charge in [0.2, 0.25) is 0 Å². The third kappa shape index (κ3) is 4.33. The van der Waals surface area contributed by atoms with Crippen LogP contribution in [0.5, 0.6) is 0 Å². The molecular formula is C38H27N7. The van der Waals surface area contributed by atoms with Crippen molar-refractivity contribution >= 4 is 49.8 Å². The van der Waals surface area contributed by atoms with Gasteiger partial charge in [-0.15, -0.1) is 0 Å². The summed E-state index contributed by atoms with van der Waals surface area (Å²) in [6.45, 7) is 3.78. The zero-order chi connectivity index (χ0) is 30.3. The number of nitrogens with zero attached hydrogens (tertiary/aromatic N) is 7. The highest BCUT2D eigenvalue weighted by atomic mass is 15.1. The van der Waals surface area contributed by atoms with Crippen molar-refractivity contribution in [1.29, 1.82) is 0 Å². The van der Waals surface area contributed by atoms with Gasteiger partial charge in [0.15, 0.2) is 0 Å². The molecule has 7 heteroatoms. The SMILES string of the molecule is C=C/C=C\C(=NC)c1ccc(-n2c3cccnc3c3nc4c5ncccc5n(-c5ccc(-c6ccccn6)cc5)c4cc32)cc1. The molecule has 6 heterocycles. The maximum atomic E-state index is 5.27. The number of aromatic nitrogens is 6. The molecule has 0 aliphatic carbocycles. The lowest BCUT2D eigenvalue weighted by molar-refractivity contribution is 1.16. The summed E-state index contributed by atoms with van der Waals surface area (Å²) in [5, 5.41) is 0. The number of aliphatic imine (C=N–C) groups is 1. The Kier molecular flexibility index (Phi) is 6.35. The minimum Gasteiger partial charge on any atom is -0.306 e. The highest BCUT2D eigenvalue weighted by Crippen LogP contribution is 2.36. The highest BCUT2D eigenvalue weighted by Gasteiger charge is 2.21. The molecule has 6 aromatic heterocycles. The van der Waals surface area contributed by atoms with Crippen LogP contribution in [0, 0.1) is 0 Å². The summed E-state index contributed by atoms with van der Waals surface area (Å²) < 4.78 is 4.47. The lowest BCUT2D eigenvalue weighted by atomic mass is 10.1. The molecule has 0 N–H and O–H groups in total. The molecule has 0 spiro atoms. The number of hydrogen-bond acceptors (Lipinski definition) is 5. The molecule has 45 heavy (non-hydrogen) atoms. The molecule has 0 fully saturated rings. The summed E-state index contributed by atoms with van der Waals surface area (Å²) in [5.41, 5.74) is 13.2. The fourth-order valence-electron chi connectivity index (χ4n) is 6.07. The van der Waals surface area contributed by atoms with E-state index >= 15 is 0 Å². The molecule has 0 aliphatic heterocycles. The maximum Gasteiger partial charge on any atom is 0.116 e. The van der Waals surface area contributed by atoms with E-state index < -0.39 is 0 Å². The van der Waals surface area contributed by atoms with Crippen molar-refractivity contribution in [2.45, 2.75) is 0 Å². The Balaban J connectivity index is 1.36. The zero-order valence-corrected chi connectivity index (χ0v) is 24.5. The average molecular weight is 582 g/mol. The molecule has 2 aromatic carbocycles. The van der Waals surface area contributed by atoms with E-state index in [1.807, 2.05) is 61.1 Å². The number of hydrogen-bond donors (Lipinski definition) is 0. The van der Waals surface area contributed by atoms with Gasteiger partial charge in [-0.3, -0.25) is 19.9 Å². The molecule has 0 saturated heterocycles. The predicted octanol–water partition coefficient (Wildman–Crippen LogP) is 8.29. The summed E-state index contributed by atoms with van der Waals surface area (Å²) in [6.07, 6.45) is 11.1. The van der Waals surface area contributed by atoms with Gasteiger partial charge in [0.05, 0.1) is 33.5 Å². The van der Waals surface area contributed by atoms with Crippen LogP contribution in [0.2, 0.25) is 0 Å².